The molecule has 0 bridgehead atoms. The van der Waals surface area contributed by atoms with Gasteiger partial charge in [-0.3, -0.25) is 9.89 Å². The Labute approximate surface area is 166 Å². The summed E-state index contributed by atoms with van der Waals surface area (Å²) in [5, 5.41) is 7.73. The topological polar surface area (TPSA) is 75.0 Å². The Balaban J connectivity index is 1.38. The molecule has 0 saturated heterocycles. The third-order valence-electron chi connectivity index (χ3n) is 5.01. The van der Waals surface area contributed by atoms with Crippen molar-refractivity contribution in [3.8, 4) is 0 Å². The second-order valence-electron chi connectivity index (χ2n) is 6.95. The van der Waals surface area contributed by atoms with Gasteiger partial charge in [0.15, 0.2) is 11.5 Å². The molecule has 0 saturated carbocycles. The molecule has 0 fully saturated rings. The third kappa shape index (κ3) is 3.16. The fraction of sp³-hybridized carbons (Fsp3) is 0.190. The molecule has 0 unspecified atom stereocenters. The SMILES string of the molecule is O=C(c1ccc2nc(Cc3cccc(Cl)c3)oc2c1)N1CCc2[nH]ncc2C1. The van der Waals surface area contributed by atoms with Crippen LogP contribution < -0.4 is 0 Å². The van der Waals surface area contributed by atoms with Crippen molar-refractivity contribution in [2.24, 2.45) is 0 Å². The number of oxazole rings is 1. The zero-order valence-electron chi connectivity index (χ0n) is 15.0. The summed E-state index contributed by atoms with van der Waals surface area (Å²) in [6.45, 7) is 1.24. The molecule has 0 atom stereocenters. The Hall–Kier alpha value is -3.12. The Kier molecular flexibility index (Phi) is 4.13. The monoisotopic (exact) mass is 392 g/mol. The van der Waals surface area contributed by atoms with Crippen LogP contribution in [0.4, 0.5) is 0 Å². The van der Waals surface area contributed by atoms with Crippen LogP contribution in [0, 0.1) is 0 Å². The van der Waals surface area contributed by atoms with Gasteiger partial charge in [-0.1, -0.05) is 23.7 Å². The van der Waals surface area contributed by atoms with Gasteiger partial charge in [0.1, 0.15) is 5.52 Å². The number of nitrogens with zero attached hydrogens (tertiary/aromatic N) is 3. The summed E-state index contributed by atoms with van der Waals surface area (Å²) in [5.74, 6) is 0.587. The Morgan fingerprint density at radius 1 is 1.25 bits per heavy atom. The van der Waals surface area contributed by atoms with Gasteiger partial charge >= 0.3 is 0 Å². The van der Waals surface area contributed by atoms with Gasteiger partial charge in [0.25, 0.3) is 5.91 Å². The van der Waals surface area contributed by atoms with Crippen LogP contribution in [0.2, 0.25) is 5.02 Å². The number of aromatic nitrogens is 3. The first kappa shape index (κ1) is 17.0. The Bertz CT molecular complexity index is 1180. The molecular formula is C21H17ClN4O2. The van der Waals surface area contributed by atoms with Gasteiger partial charge in [0.2, 0.25) is 0 Å². The molecule has 6 nitrogen and oxygen atoms in total. The average Bonchev–Trinajstić information content (AvgIpc) is 3.32. The van der Waals surface area contributed by atoms with E-state index in [9.17, 15) is 4.79 Å². The molecule has 4 aromatic rings. The molecule has 0 radical (unpaired) electrons. The fourth-order valence-corrected chi connectivity index (χ4v) is 3.79. The number of aromatic amines is 1. The van der Waals surface area contributed by atoms with Crippen molar-refractivity contribution in [2.75, 3.05) is 6.54 Å². The number of fused-ring (bicyclic) bond motifs is 2. The van der Waals surface area contributed by atoms with Crippen molar-refractivity contribution in [3.05, 3.63) is 82.0 Å². The molecule has 1 aliphatic heterocycles. The quantitative estimate of drug-likeness (QED) is 0.572. The standard InChI is InChI=1S/C21H17ClN4O2/c22-16-3-1-2-13(8-16)9-20-24-18-5-4-14(10-19(18)28-20)21(27)26-7-6-17-15(12-26)11-23-25-17/h1-5,8,10-11H,6-7,9,12H2,(H,23,25). The first-order valence-electron chi connectivity index (χ1n) is 9.10. The average molecular weight is 393 g/mol. The lowest BCUT2D eigenvalue weighted by molar-refractivity contribution is 0.0734. The van der Waals surface area contributed by atoms with Crippen LogP contribution in [0.1, 0.15) is 33.1 Å². The van der Waals surface area contributed by atoms with Crippen LogP contribution in [0.3, 0.4) is 0 Å². The van der Waals surface area contributed by atoms with Crippen molar-refractivity contribution in [1.82, 2.24) is 20.1 Å². The Morgan fingerprint density at radius 2 is 2.18 bits per heavy atom. The van der Waals surface area contributed by atoms with Crippen molar-refractivity contribution in [2.45, 2.75) is 19.4 Å². The lowest BCUT2D eigenvalue weighted by Gasteiger charge is -2.26. The van der Waals surface area contributed by atoms with E-state index in [1.807, 2.05) is 35.2 Å². The van der Waals surface area contributed by atoms with Crippen LogP contribution in [-0.2, 0) is 19.4 Å². The molecule has 2 aromatic heterocycles. The van der Waals surface area contributed by atoms with Gasteiger partial charge in [0, 0.05) is 47.8 Å². The van der Waals surface area contributed by atoms with E-state index in [0.717, 1.165) is 28.8 Å². The van der Waals surface area contributed by atoms with Crippen molar-refractivity contribution in [1.29, 1.82) is 0 Å². The van der Waals surface area contributed by atoms with Crippen LogP contribution in [0.15, 0.2) is 53.1 Å². The van der Waals surface area contributed by atoms with E-state index in [-0.39, 0.29) is 5.91 Å². The van der Waals surface area contributed by atoms with Crippen LogP contribution >= 0.6 is 11.6 Å². The highest BCUT2D eigenvalue weighted by atomic mass is 35.5. The summed E-state index contributed by atoms with van der Waals surface area (Å²) in [5.41, 5.74) is 5.17. The van der Waals surface area contributed by atoms with Crippen molar-refractivity contribution >= 4 is 28.6 Å². The molecule has 0 aliphatic carbocycles. The normalized spacial score (nSPS) is 13.7. The lowest BCUT2D eigenvalue weighted by atomic mass is 10.1. The van der Waals surface area contributed by atoms with Crippen molar-refractivity contribution in [3.63, 3.8) is 0 Å². The smallest absolute Gasteiger partial charge is 0.254 e. The summed E-state index contributed by atoms with van der Waals surface area (Å²) in [7, 11) is 0. The van der Waals surface area contributed by atoms with Gasteiger partial charge < -0.3 is 9.32 Å². The molecule has 140 valence electrons. The molecule has 0 spiro atoms. The lowest BCUT2D eigenvalue weighted by Crippen LogP contribution is -2.35. The van der Waals surface area contributed by atoms with Crippen LogP contribution in [0.5, 0.6) is 0 Å². The highest BCUT2D eigenvalue weighted by molar-refractivity contribution is 6.30. The zero-order valence-corrected chi connectivity index (χ0v) is 15.7. The molecule has 1 amide bonds. The number of hydrogen-bond donors (Lipinski definition) is 1. The molecule has 7 heteroatoms. The first-order chi connectivity index (χ1) is 13.7. The summed E-state index contributed by atoms with van der Waals surface area (Å²) in [4.78, 5) is 19.3. The molecule has 1 N–H and O–H groups in total. The number of hydrogen-bond acceptors (Lipinski definition) is 4. The van der Waals surface area contributed by atoms with Crippen molar-refractivity contribution < 1.29 is 9.21 Å². The summed E-state index contributed by atoms with van der Waals surface area (Å²) in [6.07, 6.45) is 3.12. The van der Waals surface area contributed by atoms with E-state index in [4.69, 9.17) is 16.0 Å². The number of carbonyl (C=O) groups excluding carboxylic acids is 1. The number of H-pyrrole nitrogens is 1. The molecule has 5 rings (SSSR count). The number of benzene rings is 2. The largest absolute Gasteiger partial charge is 0.440 e. The van der Waals surface area contributed by atoms with E-state index in [1.54, 1.807) is 18.3 Å². The highest BCUT2D eigenvalue weighted by Gasteiger charge is 2.23. The minimum atomic E-state index is -0.0125. The zero-order chi connectivity index (χ0) is 19.1. The summed E-state index contributed by atoms with van der Waals surface area (Å²) in [6, 6.07) is 13.0. The maximum Gasteiger partial charge on any atom is 0.254 e. The fourth-order valence-electron chi connectivity index (χ4n) is 3.58. The van der Waals surface area contributed by atoms with Crippen LogP contribution in [-0.4, -0.2) is 32.5 Å². The second kappa shape index (κ2) is 6.80. The van der Waals surface area contributed by atoms with Gasteiger partial charge in [-0.2, -0.15) is 5.10 Å². The van der Waals surface area contributed by atoms with E-state index >= 15 is 0 Å². The maximum atomic E-state index is 12.9. The van der Waals surface area contributed by atoms with E-state index < -0.39 is 0 Å². The highest BCUT2D eigenvalue weighted by Crippen LogP contribution is 2.23. The predicted molar refractivity (Wildman–Crippen MR) is 105 cm³/mol. The minimum Gasteiger partial charge on any atom is -0.440 e. The van der Waals surface area contributed by atoms with Gasteiger partial charge in [-0.25, -0.2) is 4.98 Å². The van der Waals surface area contributed by atoms with Crippen LogP contribution in [0.25, 0.3) is 11.1 Å². The number of amides is 1. The Morgan fingerprint density at radius 3 is 3.07 bits per heavy atom. The molecule has 2 aromatic carbocycles. The number of rotatable bonds is 3. The van der Waals surface area contributed by atoms with E-state index in [0.29, 0.717) is 41.6 Å². The van der Waals surface area contributed by atoms with E-state index in [2.05, 4.69) is 15.2 Å². The number of carbonyl (C=O) groups is 1. The summed E-state index contributed by atoms with van der Waals surface area (Å²) < 4.78 is 5.89. The van der Waals surface area contributed by atoms with Gasteiger partial charge in [0.05, 0.1) is 6.20 Å². The molecular weight excluding hydrogens is 376 g/mol. The maximum absolute atomic E-state index is 12.9. The molecule has 1 aliphatic rings. The van der Waals surface area contributed by atoms with Gasteiger partial charge in [-0.15, -0.1) is 0 Å². The summed E-state index contributed by atoms with van der Waals surface area (Å²) >= 11 is 6.04. The number of halogens is 1. The van der Waals surface area contributed by atoms with E-state index in [1.165, 1.54) is 0 Å². The minimum absolute atomic E-state index is 0.0125. The molecule has 3 heterocycles. The predicted octanol–water partition coefficient (Wildman–Crippen LogP) is 3.99. The first-order valence-corrected chi connectivity index (χ1v) is 9.48. The number of nitrogens with one attached hydrogen (secondary N) is 1. The second-order valence-corrected chi connectivity index (χ2v) is 7.38. The van der Waals surface area contributed by atoms with Gasteiger partial charge in [-0.05, 0) is 35.9 Å². The molecule has 28 heavy (non-hydrogen) atoms. The third-order valence-corrected chi connectivity index (χ3v) is 5.25.